The number of rotatable bonds is 11. The van der Waals surface area contributed by atoms with Crippen LogP contribution >= 0.6 is 11.6 Å². The first kappa shape index (κ1) is 22.0. The molecule has 2 aromatic heterocycles. The number of pyridine rings is 1. The van der Waals surface area contributed by atoms with Gasteiger partial charge in [-0.25, -0.2) is 15.0 Å². The minimum Gasteiger partial charge on any atom is -0.481 e. The SMILES string of the molecule is COc1cccc(COc2ncnc(OCC3CC(OCCNC(C)=O)C3)c2Cl)n1. The fraction of sp³-hybridized carbons (Fsp3) is 0.500. The number of halogens is 1. The topological polar surface area (TPSA) is 105 Å². The molecule has 0 aromatic carbocycles. The molecule has 1 saturated carbocycles. The first-order chi connectivity index (χ1) is 14.5. The first-order valence-electron chi connectivity index (χ1n) is 9.67. The molecule has 0 spiro atoms. The van der Waals surface area contributed by atoms with Crippen LogP contribution in [0.25, 0.3) is 0 Å². The molecule has 1 aliphatic rings. The van der Waals surface area contributed by atoms with Gasteiger partial charge in [-0.2, -0.15) is 0 Å². The molecule has 3 rings (SSSR count). The fourth-order valence-corrected chi connectivity index (χ4v) is 3.14. The molecule has 9 nitrogen and oxygen atoms in total. The number of carbonyl (C=O) groups excluding carboxylic acids is 1. The number of hydrogen-bond acceptors (Lipinski definition) is 8. The summed E-state index contributed by atoms with van der Waals surface area (Å²) in [6, 6.07) is 5.41. The quantitative estimate of drug-likeness (QED) is 0.535. The van der Waals surface area contributed by atoms with Gasteiger partial charge in [-0.3, -0.25) is 4.79 Å². The highest BCUT2D eigenvalue weighted by Gasteiger charge is 2.30. The number of nitrogens with one attached hydrogen (secondary N) is 1. The van der Waals surface area contributed by atoms with Crippen molar-refractivity contribution in [3.63, 3.8) is 0 Å². The molecule has 0 bridgehead atoms. The number of nitrogens with zero attached hydrogens (tertiary/aromatic N) is 3. The summed E-state index contributed by atoms with van der Waals surface area (Å²) < 4.78 is 22.2. The van der Waals surface area contributed by atoms with Crippen LogP contribution in [0.4, 0.5) is 0 Å². The van der Waals surface area contributed by atoms with E-state index in [0.29, 0.717) is 37.3 Å². The summed E-state index contributed by atoms with van der Waals surface area (Å²) in [6.45, 7) is 3.20. The van der Waals surface area contributed by atoms with Crippen molar-refractivity contribution < 1.29 is 23.7 Å². The number of ether oxygens (including phenoxy) is 4. The van der Waals surface area contributed by atoms with E-state index in [-0.39, 0.29) is 35.4 Å². The summed E-state index contributed by atoms with van der Waals surface area (Å²) >= 11 is 6.34. The van der Waals surface area contributed by atoms with Crippen LogP contribution < -0.4 is 19.5 Å². The van der Waals surface area contributed by atoms with E-state index in [2.05, 4.69) is 20.3 Å². The van der Waals surface area contributed by atoms with Crippen LogP contribution in [0.15, 0.2) is 24.5 Å². The Hall–Kier alpha value is -2.65. The van der Waals surface area contributed by atoms with Gasteiger partial charge in [0.2, 0.25) is 23.5 Å². The predicted octanol–water partition coefficient (Wildman–Crippen LogP) is 2.42. The molecule has 1 fully saturated rings. The highest BCUT2D eigenvalue weighted by molar-refractivity contribution is 6.33. The van der Waals surface area contributed by atoms with Crippen molar-refractivity contribution in [2.24, 2.45) is 5.92 Å². The van der Waals surface area contributed by atoms with Crippen LogP contribution in [-0.2, 0) is 16.1 Å². The fourth-order valence-electron chi connectivity index (χ4n) is 2.93. The van der Waals surface area contributed by atoms with E-state index in [9.17, 15) is 4.79 Å². The zero-order valence-corrected chi connectivity index (χ0v) is 17.7. The lowest BCUT2D eigenvalue weighted by Crippen LogP contribution is -2.37. The summed E-state index contributed by atoms with van der Waals surface area (Å²) in [5.41, 5.74) is 0.686. The van der Waals surface area contributed by atoms with E-state index >= 15 is 0 Å². The van der Waals surface area contributed by atoms with Crippen LogP contribution in [-0.4, -0.2) is 53.8 Å². The average molecular weight is 437 g/mol. The highest BCUT2D eigenvalue weighted by atomic mass is 35.5. The van der Waals surface area contributed by atoms with E-state index in [1.165, 1.54) is 13.3 Å². The first-order valence-corrected chi connectivity index (χ1v) is 10.0. The molecular weight excluding hydrogens is 412 g/mol. The van der Waals surface area contributed by atoms with E-state index in [0.717, 1.165) is 12.8 Å². The largest absolute Gasteiger partial charge is 0.481 e. The molecule has 162 valence electrons. The van der Waals surface area contributed by atoms with E-state index in [1.807, 2.05) is 12.1 Å². The summed E-state index contributed by atoms with van der Waals surface area (Å²) in [6.07, 6.45) is 3.34. The van der Waals surface area contributed by atoms with Gasteiger partial charge in [0.15, 0.2) is 5.02 Å². The second-order valence-corrected chi connectivity index (χ2v) is 7.26. The van der Waals surface area contributed by atoms with Gasteiger partial charge in [0.1, 0.15) is 12.9 Å². The minimum atomic E-state index is -0.0525. The minimum absolute atomic E-state index is 0.0525. The second-order valence-electron chi connectivity index (χ2n) is 6.88. The number of amides is 1. The molecule has 0 unspecified atom stereocenters. The average Bonchev–Trinajstić information content (AvgIpc) is 2.71. The van der Waals surface area contributed by atoms with Gasteiger partial charge in [0.05, 0.1) is 32.1 Å². The summed E-state index contributed by atoms with van der Waals surface area (Å²) in [4.78, 5) is 23.3. The highest BCUT2D eigenvalue weighted by Crippen LogP contribution is 2.34. The maximum atomic E-state index is 10.8. The third kappa shape index (κ3) is 6.43. The zero-order chi connectivity index (χ0) is 21.3. The van der Waals surface area contributed by atoms with Gasteiger partial charge in [0, 0.05) is 19.5 Å². The van der Waals surface area contributed by atoms with Crippen molar-refractivity contribution >= 4 is 17.5 Å². The Balaban J connectivity index is 1.41. The number of carbonyl (C=O) groups is 1. The monoisotopic (exact) mass is 436 g/mol. The van der Waals surface area contributed by atoms with Crippen molar-refractivity contribution in [1.29, 1.82) is 0 Å². The number of hydrogen-bond donors (Lipinski definition) is 1. The molecule has 30 heavy (non-hydrogen) atoms. The molecule has 10 heteroatoms. The van der Waals surface area contributed by atoms with Crippen molar-refractivity contribution in [2.75, 3.05) is 26.9 Å². The molecule has 0 aliphatic heterocycles. The lowest BCUT2D eigenvalue weighted by atomic mass is 9.83. The Kier molecular flexibility index (Phi) is 8.04. The Labute approximate surface area is 180 Å². The molecule has 0 radical (unpaired) electrons. The zero-order valence-electron chi connectivity index (χ0n) is 17.0. The van der Waals surface area contributed by atoms with Gasteiger partial charge in [-0.05, 0) is 24.8 Å². The molecule has 2 aromatic rings. The molecular formula is C20H25ClN4O5. The van der Waals surface area contributed by atoms with Crippen LogP contribution in [0, 0.1) is 5.92 Å². The third-order valence-electron chi connectivity index (χ3n) is 4.55. The van der Waals surface area contributed by atoms with Crippen molar-refractivity contribution in [2.45, 2.75) is 32.5 Å². The lowest BCUT2D eigenvalue weighted by Gasteiger charge is -2.34. The van der Waals surface area contributed by atoms with Crippen molar-refractivity contribution in [1.82, 2.24) is 20.3 Å². The van der Waals surface area contributed by atoms with Gasteiger partial charge >= 0.3 is 0 Å². The summed E-state index contributed by atoms with van der Waals surface area (Å²) in [5.74, 6) is 1.34. The number of methoxy groups -OCH3 is 1. The second kappa shape index (κ2) is 10.9. The Morgan fingerprint density at radius 1 is 1.23 bits per heavy atom. The molecule has 1 N–H and O–H groups in total. The molecule has 0 saturated heterocycles. The van der Waals surface area contributed by atoms with E-state index in [1.54, 1.807) is 13.2 Å². The lowest BCUT2D eigenvalue weighted by molar-refractivity contribution is -0.119. The Morgan fingerprint density at radius 2 is 2.00 bits per heavy atom. The van der Waals surface area contributed by atoms with Crippen molar-refractivity contribution in [3.8, 4) is 17.6 Å². The van der Waals surface area contributed by atoms with Crippen molar-refractivity contribution in [3.05, 3.63) is 35.2 Å². The Bertz CT molecular complexity index is 848. The maximum absolute atomic E-state index is 10.8. The number of aromatic nitrogens is 3. The smallest absolute Gasteiger partial charge is 0.240 e. The summed E-state index contributed by atoms with van der Waals surface area (Å²) in [5, 5.41) is 2.93. The maximum Gasteiger partial charge on any atom is 0.240 e. The summed E-state index contributed by atoms with van der Waals surface area (Å²) in [7, 11) is 1.56. The van der Waals surface area contributed by atoms with Gasteiger partial charge in [-0.15, -0.1) is 0 Å². The van der Waals surface area contributed by atoms with Crippen LogP contribution in [0.3, 0.4) is 0 Å². The molecule has 2 heterocycles. The van der Waals surface area contributed by atoms with Crippen LogP contribution in [0.1, 0.15) is 25.5 Å². The molecule has 1 amide bonds. The van der Waals surface area contributed by atoms with Gasteiger partial charge in [-0.1, -0.05) is 17.7 Å². The normalized spacial score (nSPS) is 17.7. The predicted molar refractivity (Wildman–Crippen MR) is 109 cm³/mol. The van der Waals surface area contributed by atoms with Gasteiger partial charge < -0.3 is 24.3 Å². The molecule has 0 atom stereocenters. The molecule has 1 aliphatic carbocycles. The van der Waals surface area contributed by atoms with Crippen LogP contribution in [0.5, 0.6) is 17.6 Å². The van der Waals surface area contributed by atoms with Crippen LogP contribution in [0.2, 0.25) is 5.02 Å². The van der Waals surface area contributed by atoms with E-state index in [4.69, 9.17) is 30.5 Å². The van der Waals surface area contributed by atoms with Gasteiger partial charge in [0.25, 0.3) is 0 Å². The third-order valence-corrected chi connectivity index (χ3v) is 4.87. The standard InChI is InChI=1S/C20H25ClN4O5/c1-13(26)22-6-7-28-16-8-14(9-16)10-29-19-18(21)20(24-12-23-19)30-11-15-4-3-5-17(25-15)27-2/h3-5,12,14,16H,6-11H2,1-2H3,(H,22,26). The van der Waals surface area contributed by atoms with E-state index < -0.39 is 0 Å². The Morgan fingerprint density at radius 3 is 2.73 bits per heavy atom.